The Morgan fingerprint density at radius 2 is 1.38 bits per heavy atom. The molecule has 1 unspecified atom stereocenters. The van der Waals surface area contributed by atoms with Crippen LogP contribution in [0.3, 0.4) is 0 Å². The first-order valence-corrected chi connectivity index (χ1v) is 21.1. The van der Waals surface area contributed by atoms with Crippen molar-refractivity contribution in [3.8, 4) is 33.9 Å². The van der Waals surface area contributed by atoms with Crippen molar-refractivity contribution in [2.75, 3.05) is 0 Å². The van der Waals surface area contributed by atoms with Crippen LogP contribution in [-0.4, -0.2) is 15.0 Å². The molecule has 10 rings (SSSR count). The third kappa shape index (κ3) is 6.92. The molecule has 0 fully saturated rings. The Balaban J connectivity index is 1.15. The topological polar surface area (TPSA) is 65.0 Å². The summed E-state index contributed by atoms with van der Waals surface area (Å²) in [6, 6.07) is 43.8. The molecule has 0 amide bonds. The Kier molecular flexibility index (Phi) is 9.94. The van der Waals surface area contributed by atoms with Crippen LogP contribution in [0.4, 0.5) is 0 Å². The first kappa shape index (κ1) is 37.9. The van der Waals surface area contributed by atoms with Gasteiger partial charge in [0.15, 0.2) is 11.6 Å². The maximum absolute atomic E-state index is 6.87. The third-order valence-electron chi connectivity index (χ3n) is 11.9. The zero-order valence-corrected chi connectivity index (χ0v) is 34.4. The molecule has 6 aromatic carbocycles. The van der Waals surface area contributed by atoms with E-state index in [1.54, 1.807) is 0 Å². The van der Waals surface area contributed by atoms with Gasteiger partial charge in [-0.15, -0.1) is 0 Å². The van der Waals surface area contributed by atoms with Crippen LogP contribution >= 0.6 is 0 Å². The molecular weight excluding hydrogens is 747 g/mol. The van der Waals surface area contributed by atoms with Crippen LogP contribution in [0, 0.1) is 5.41 Å². The molecule has 0 N–H and O–H groups in total. The fraction of sp³-hybridized carbons (Fsp3) is 0.125. The van der Waals surface area contributed by atoms with E-state index in [0.29, 0.717) is 23.9 Å². The Labute approximate surface area is 355 Å². The number of rotatable bonds is 11. The van der Waals surface area contributed by atoms with E-state index in [-0.39, 0.29) is 5.41 Å². The number of para-hydroxylation sites is 2. The number of aromatic nitrogens is 3. The molecule has 3 aromatic heterocycles. The van der Waals surface area contributed by atoms with Crippen molar-refractivity contribution >= 4 is 55.5 Å². The van der Waals surface area contributed by atoms with Crippen molar-refractivity contribution in [2.45, 2.75) is 39.5 Å². The largest absolute Gasteiger partial charge is 0.456 e. The summed E-state index contributed by atoms with van der Waals surface area (Å²) in [6.07, 6.45) is 21.0. The minimum atomic E-state index is -0.159. The van der Waals surface area contributed by atoms with Crippen LogP contribution in [-0.2, 0) is 6.42 Å². The van der Waals surface area contributed by atoms with Crippen LogP contribution in [0.5, 0.6) is 0 Å². The van der Waals surface area contributed by atoms with E-state index < -0.39 is 0 Å². The monoisotopic (exact) mass is 791 g/mol. The van der Waals surface area contributed by atoms with Crippen LogP contribution in [0.15, 0.2) is 185 Å². The van der Waals surface area contributed by atoms with Gasteiger partial charge in [0, 0.05) is 50.1 Å². The average Bonchev–Trinajstić information content (AvgIpc) is 3.88. The van der Waals surface area contributed by atoms with Crippen molar-refractivity contribution < 1.29 is 8.83 Å². The molecule has 296 valence electrons. The van der Waals surface area contributed by atoms with Crippen LogP contribution < -0.4 is 0 Å². The third-order valence-corrected chi connectivity index (χ3v) is 11.9. The van der Waals surface area contributed by atoms with Crippen LogP contribution in [0.25, 0.3) is 89.4 Å². The summed E-state index contributed by atoms with van der Waals surface area (Å²) < 4.78 is 13.2. The molecule has 0 saturated heterocycles. The van der Waals surface area contributed by atoms with Crippen LogP contribution in [0.2, 0.25) is 0 Å². The van der Waals surface area contributed by atoms with Gasteiger partial charge in [-0.1, -0.05) is 185 Å². The fourth-order valence-corrected chi connectivity index (χ4v) is 8.94. The quantitative estimate of drug-likeness (QED) is 0.0964. The highest BCUT2D eigenvalue weighted by atomic mass is 16.3. The van der Waals surface area contributed by atoms with E-state index in [1.807, 2.05) is 78.9 Å². The number of furan rings is 2. The lowest BCUT2D eigenvalue weighted by atomic mass is 9.72. The molecule has 3 heterocycles. The van der Waals surface area contributed by atoms with Gasteiger partial charge in [0.1, 0.15) is 28.2 Å². The molecule has 0 bridgehead atoms. The number of nitrogens with zero attached hydrogens (tertiary/aromatic N) is 3. The maximum Gasteiger partial charge on any atom is 0.164 e. The van der Waals surface area contributed by atoms with Gasteiger partial charge in [-0.2, -0.15) is 0 Å². The maximum atomic E-state index is 6.87. The summed E-state index contributed by atoms with van der Waals surface area (Å²) in [5.41, 5.74) is 11.8. The highest BCUT2D eigenvalue weighted by molar-refractivity contribution is 6.16. The van der Waals surface area contributed by atoms with Crippen molar-refractivity contribution in [1.29, 1.82) is 0 Å². The number of fused-ring (bicyclic) bond motifs is 6. The number of unbranched alkanes of at least 4 members (excludes halogenated alkanes) is 1. The SMILES string of the molecule is C=C/C=C\c1c(Cc2nc(-c3ccccc3)nc(-c3cccc4oc5ccccc5c34)n2)cccc1-c1ccc(C2=CC=CCC2(C)/C=C\CCC)c2oc3ccccc3c12. The van der Waals surface area contributed by atoms with Gasteiger partial charge in [0.05, 0.1) is 0 Å². The second-order valence-corrected chi connectivity index (χ2v) is 16.0. The van der Waals surface area contributed by atoms with E-state index in [2.05, 4.69) is 118 Å². The molecule has 61 heavy (non-hydrogen) atoms. The van der Waals surface area contributed by atoms with E-state index in [0.717, 1.165) is 102 Å². The van der Waals surface area contributed by atoms with Gasteiger partial charge in [0.25, 0.3) is 0 Å². The Morgan fingerprint density at radius 3 is 2.20 bits per heavy atom. The standard InChI is InChI=1S/C56H45N3O2/c1-4-6-16-34-56(3)35-17-15-28-46(56)42-33-32-41(52-44-25-12-14-30-48(44)61-53(42)52)40-26-18-22-38(39(40)23-7-5-2)36-50-57-54(37-20-9-8-10-21-37)59-55(58-50)45-27-19-31-49-51(45)43-24-11-13-29-47(43)60-49/h5,7-34H,2,4,6,35-36H2,1,3H3/b23-7-,34-16-. The molecule has 9 aromatic rings. The Morgan fingerprint density at radius 1 is 0.672 bits per heavy atom. The highest BCUT2D eigenvalue weighted by Gasteiger charge is 2.31. The first-order valence-electron chi connectivity index (χ1n) is 21.1. The number of hydrogen-bond acceptors (Lipinski definition) is 5. The van der Waals surface area contributed by atoms with Crippen LogP contribution in [0.1, 0.15) is 55.6 Å². The van der Waals surface area contributed by atoms with E-state index in [9.17, 15) is 0 Å². The second-order valence-electron chi connectivity index (χ2n) is 16.0. The van der Waals surface area contributed by atoms with Gasteiger partial charge in [-0.25, -0.2) is 15.0 Å². The van der Waals surface area contributed by atoms with Gasteiger partial charge in [-0.05, 0) is 58.9 Å². The van der Waals surface area contributed by atoms with Crippen molar-refractivity contribution in [3.05, 3.63) is 199 Å². The van der Waals surface area contributed by atoms with Gasteiger partial charge < -0.3 is 8.83 Å². The first-order chi connectivity index (χ1) is 30.0. The van der Waals surface area contributed by atoms with Gasteiger partial charge in [-0.3, -0.25) is 0 Å². The summed E-state index contributed by atoms with van der Waals surface area (Å²) >= 11 is 0. The summed E-state index contributed by atoms with van der Waals surface area (Å²) in [6.45, 7) is 8.61. The smallest absolute Gasteiger partial charge is 0.164 e. The molecular formula is C56H45N3O2. The average molecular weight is 792 g/mol. The zero-order valence-electron chi connectivity index (χ0n) is 34.4. The minimum Gasteiger partial charge on any atom is -0.456 e. The molecule has 0 radical (unpaired) electrons. The molecule has 1 aliphatic carbocycles. The molecule has 1 atom stereocenters. The number of benzene rings is 6. The predicted octanol–water partition coefficient (Wildman–Crippen LogP) is 15.2. The van der Waals surface area contributed by atoms with Crippen molar-refractivity contribution in [3.63, 3.8) is 0 Å². The number of hydrogen-bond donors (Lipinski definition) is 0. The highest BCUT2D eigenvalue weighted by Crippen LogP contribution is 2.48. The number of allylic oxidation sites excluding steroid dienone is 8. The lowest BCUT2D eigenvalue weighted by Crippen LogP contribution is -2.17. The molecule has 0 aliphatic heterocycles. The predicted molar refractivity (Wildman–Crippen MR) is 253 cm³/mol. The molecule has 1 aliphatic rings. The summed E-state index contributed by atoms with van der Waals surface area (Å²) in [4.78, 5) is 15.5. The molecule has 0 saturated carbocycles. The molecule has 5 heteroatoms. The lowest BCUT2D eigenvalue weighted by Gasteiger charge is -2.31. The minimum absolute atomic E-state index is 0.159. The van der Waals surface area contributed by atoms with E-state index >= 15 is 0 Å². The summed E-state index contributed by atoms with van der Waals surface area (Å²) in [5, 5.41) is 4.20. The van der Waals surface area contributed by atoms with E-state index in [4.69, 9.17) is 23.8 Å². The van der Waals surface area contributed by atoms with E-state index in [1.165, 1.54) is 5.57 Å². The molecule has 0 spiro atoms. The summed E-state index contributed by atoms with van der Waals surface area (Å²) in [7, 11) is 0. The molecule has 5 nitrogen and oxygen atoms in total. The Hall–Kier alpha value is -7.37. The van der Waals surface area contributed by atoms with Gasteiger partial charge in [0.2, 0.25) is 0 Å². The summed E-state index contributed by atoms with van der Waals surface area (Å²) in [5.74, 6) is 1.89. The lowest BCUT2D eigenvalue weighted by molar-refractivity contribution is 0.574. The van der Waals surface area contributed by atoms with Gasteiger partial charge >= 0.3 is 0 Å². The second kappa shape index (κ2) is 16.0. The fourth-order valence-electron chi connectivity index (χ4n) is 8.94. The zero-order chi connectivity index (χ0) is 41.3. The van der Waals surface area contributed by atoms with Crippen molar-refractivity contribution in [2.24, 2.45) is 5.41 Å². The normalized spacial score (nSPS) is 15.5. The Bertz CT molecular complexity index is 3250. The van der Waals surface area contributed by atoms with Crippen molar-refractivity contribution in [1.82, 2.24) is 15.0 Å².